The van der Waals surface area contributed by atoms with Crippen molar-refractivity contribution in [2.75, 3.05) is 6.54 Å². The Kier molecular flexibility index (Phi) is 4.64. The normalized spacial score (nSPS) is 23.3. The highest BCUT2D eigenvalue weighted by molar-refractivity contribution is 5.38. The van der Waals surface area contributed by atoms with Gasteiger partial charge in [0.15, 0.2) is 0 Å². The summed E-state index contributed by atoms with van der Waals surface area (Å²) in [5.74, 6) is 1.44. The summed E-state index contributed by atoms with van der Waals surface area (Å²) in [7, 11) is 0. The maximum atomic E-state index is 10.5. The van der Waals surface area contributed by atoms with E-state index in [2.05, 4.69) is 39.1 Å². The summed E-state index contributed by atoms with van der Waals surface area (Å²) < 4.78 is 6.04. The highest BCUT2D eigenvalue weighted by atomic mass is 16.5. The molecule has 1 aromatic rings. The zero-order valence-corrected chi connectivity index (χ0v) is 13.9. The molecule has 21 heavy (non-hydrogen) atoms. The number of para-hydroxylation sites is 1. The molecule has 1 aromatic carbocycles. The molecule has 3 nitrogen and oxygen atoms in total. The van der Waals surface area contributed by atoms with E-state index in [1.165, 1.54) is 5.56 Å². The Morgan fingerprint density at radius 1 is 1.38 bits per heavy atom. The average molecular weight is 291 g/mol. The summed E-state index contributed by atoms with van der Waals surface area (Å²) in [4.78, 5) is 0. The molecule has 0 saturated carbocycles. The Hall–Kier alpha value is -1.06. The van der Waals surface area contributed by atoms with E-state index >= 15 is 0 Å². The third kappa shape index (κ3) is 4.45. The van der Waals surface area contributed by atoms with Crippen molar-refractivity contribution < 1.29 is 9.84 Å². The van der Waals surface area contributed by atoms with Gasteiger partial charge >= 0.3 is 0 Å². The van der Waals surface area contributed by atoms with Gasteiger partial charge in [-0.1, -0.05) is 32.0 Å². The zero-order chi connectivity index (χ0) is 15.7. The van der Waals surface area contributed by atoms with E-state index in [-0.39, 0.29) is 11.6 Å². The second-order valence-corrected chi connectivity index (χ2v) is 7.63. The molecule has 2 rings (SSSR count). The van der Waals surface area contributed by atoms with Crippen molar-refractivity contribution in [3.05, 3.63) is 29.8 Å². The van der Waals surface area contributed by atoms with Gasteiger partial charge < -0.3 is 15.2 Å². The Morgan fingerprint density at radius 3 is 2.71 bits per heavy atom. The van der Waals surface area contributed by atoms with Crippen molar-refractivity contribution in [1.29, 1.82) is 0 Å². The van der Waals surface area contributed by atoms with E-state index in [1.807, 2.05) is 25.1 Å². The molecule has 2 N–H and O–H groups in total. The number of rotatable bonds is 5. The van der Waals surface area contributed by atoms with E-state index in [1.54, 1.807) is 0 Å². The summed E-state index contributed by atoms with van der Waals surface area (Å²) in [6, 6.07) is 8.41. The summed E-state index contributed by atoms with van der Waals surface area (Å²) in [5.41, 5.74) is 0.332. The van der Waals surface area contributed by atoms with Crippen LogP contribution in [0.4, 0.5) is 0 Å². The monoisotopic (exact) mass is 291 g/mol. The molecule has 3 heteroatoms. The average Bonchev–Trinajstić information content (AvgIpc) is 2.33. The second kappa shape index (κ2) is 5.98. The number of aliphatic hydroxyl groups is 1. The number of hydrogen-bond donors (Lipinski definition) is 2. The van der Waals surface area contributed by atoms with Crippen LogP contribution in [0.25, 0.3) is 0 Å². The van der Waals surface area contributed by atoms with Crippen molar-refractivity contribution in [2.45, 2.75) is 64.7 Å². The zero-order valence-electron chi connectivity index (χ0n) is 13.9. The van der Waals surface area contributed by atoms with Gasteiger partial charge in [0.25, 0.3) is 0 Å². The number of nitrogens with one attached hydrogen (secondary N) is 1. The lowest BCUT2D eigenvalue weighted by Gasteiger charge is -2.39. The molecule has 0 fully saturated rings. The highest BCUT2D eigenvalue weighted by Gasteiger charge is 2.34. The Bertz CT molecular complexity index is 480. The summed E-state index contributed by atoms with van der Waals surface area (Å²) >= 11 is 0. The first-order chi connectivity index (χ1) is 9.69. The molecule has 0 saturated heterocycles. The molecule has 0 bridgehead atoms. The van der Waals surface area contributed by atoms with Gasteiger partial charge in [0, 0.05) is 24.6 Å². The lowest BCUT2D eigenvalue weighted by Crippen LogP contribution is -2.45. The number of ether oxygens (including phenoxy) is 1. The van der Waals surface area contributed by atoms with Crippen LogP contribution in [0.3, 0.4) is 0 Å². The lowest BCUT2D eigenvalue weighted by atomic mass is 9.88. The summed E-state index contributed by atoms with van der Waals surface area (Å²) in [5, 5.41) is 14.0. The van der Waals surface area contributed by atoms with Crippen LogP contribution in [0.1, 0.15) is 59.1 Å². The SMILES string of the molecule is CC(C)CC(C)(O)CNC1CC(C)(C)Oc2ccccc21. The van der Waals surface area contributed by atoms with Crippen LogP contribution in [0.5, 0.6) is 5.75 Å². The van der Waals surface area contributed by atoms with Gasteiger partial charge in [0.1, 0.15) is 11.4 Å². The van der Waals surface area contributed by atoms with E-state index in [9.17, 15) is 5.11 Å². The van der Waals surface area contributed by atoms with Crippen molar-refractivity contribution in [2.24, 2.45) is 5.92 Å². The minimum absolute atomic E-state index is 0.185. The summed E-state index contributed by atoms with van der Waals surface area (Å²) in [6.07, 6.45) is 1.70. The van der Waals surface area contributed by atoms with Gasteiger partial charge in [-0.3, -0.25) is 0 Å². The summed E-state index contributed by atoms with van der Waals surface area (Å²) in [6.45, 7) is 11.0. The highest BCUT2D eigenvalue weighted by Crippen LogP contribution is 2.39. The topological polar surface area (TPSA) is 41.5 Å². The van der Waals surface area contributed by atoms with Crippen LogP contribution in [0.2, 0.25) is 0 Å². The second-order valence-electron chi connectivity index (χ2n) is 7.63. The molecular formula is C18H29NO2. The Morgan fingerprint density at radius 2 is 2.05 bits per heavy atom. The maximum absolute atomic E-state index is 10.5. The smallest absolute Gasteiger partial charge is 0.124 e. The van der Waals surface area contributed by atoms with Crippen LogP contribution >= 0.6 is 0 Å². The van der Waals surface area contributed by atoms with Gasteiger partial charge in [0.05, 0.1) is 5.60 Å². The minimum atomic E-state index is -0.675. The number of benzene rings is 1. The predicted molar refractivity (Wildman–Crippen MR) is 86.6 cm³/mol. The van der Waals surface area contributed by atoms with Crippen LogP contribution in [0, 0.1) is 5.92 Å². The first kappa shape index (κ1) is 16.3. The van der Waals surface area contributed by atoms with E-state index in [4.69, 9.17) is 4.74 Å². The van der Waals surface area contributed by atoms with E-state index in [0.29, 0.717) is 12.5 Å². The van der Waals surface area contributed by atoms with Crippen LogP contribution in [0.15, 0.2) is 24.3 Å². The van der Waals surface area contributed by atoms with Crippen molar-refractivity contribution >= 4 is 0 Å². The molecular weight excluding hydrogens is 262 g/mol. The Balaban J connectivity index is 2.09. The predicted octanol–water partition coefficient (Wildman–Crippen LogP) is 3.68. The molecule has 2 atom stereocenters. The lowest BCUT2D eigenvalue weighted by molar-refractivity contribution is 0.0244. The van der Waals surface area contributed by atoms with Gasteiger partial charge in [-0.2, -0.15) is 0 Å². The third-order valence-corrected chi connectivity index (χ3v) is 3.95. The standard InChI is InChI=1S/C18H29NO2/c1-13(2)10-18(5,20)12-19-15-11-17(3,4)21-16-9-7-6-8-14(15)16/h6-9,13,15,19-20H,10-12H2,1-5H3. The molecule has 0 aromatic heterocycles. The van der Waals surface area contributed by atoms with Crippen LogP contribution < -0.4 is 10.1 Å². The molecule has 0 spiro atoms. The Labute approximate surface area is 128 Å². The van der Waals surface area contributed by atoms with Gasteiger partial charge in [-0.25, -0.2) is 0 Å². The van der Waals surface area contributed by atoms with Crippen LogP contribution in [-0.4, -0.2) is 22.9 Å². The molecule has 0 aliphatic carbocycles. The van der Waals surface area contributed by atoms with Crippen molar-refractivity contribution in [3.63, 3.8) is 0 Å². The molecule has 1 aliphatic rings. The van der Waals surface area contributed by atoms with Crippen molar-refractivity contribution in [1.82, 2.24) is 5.32 Å². The van der Waals surface area contributed by atoms with Crippen LogP contribution in [-0.2, 0) is 0 Å². The van der Waals surface area contributed by atoms with Gasteiger partial charge in [-0.15, -0.1) is 0 Å². The maximum Gasteiger partial charge on any atom is 0.124 e. The molecule has 0 radical (unpaired) electrons. The van der Waals surface area contributed by atoms with Crippen molar-refractivity contribution in [3.8, 4) is 5.75 Å². The number of hydrogen-bond acceptors (Lipinski definition) is 3. The third-order valence-electron chi connectivity index (χ3n) is 3.95. The molecule has 1 aliphatic heterocycles. The first-order valence-electron chi connectivity index (χ1n) is 7.92. The van der Waals surface area contributed by atoms with Gasteiger partial charge in [0.2, 0.25) is 0 Å². The molecule has 0 amide bonds. The fraction of sp³-hybridized carbons (Fsp3) is 0.667. The van der Waals surface area contributed by atoms with E-state index < -0.39 is 5.60 Å². The fourth-order valence-corrected chi connectivity index (χ4v) is 3.28. The quantitative estimate of drug-likeness (QED) is 0.869. The van der Waals surface area contributed by atoms with E-state index in [0.717, 1.165) is 18.6 Å². The first-order valence-corrected chi connectivity index (χ1v) is 7.92. The van der Waals surface area contributed by atoms with Gasteiger partial charge in [-0.05, 0) is 39.2 Å². The fourth-order valence-electron chi connectivity index (χ4n) is 3.28. The molecule has 2 unspecified atom stereocenters. The largest absolute Gasteiger partial charge is 0.487 e. The minimum Gasteiger partial charge on any atom is -0.487 e. The molecule has 1 heterocycles. The molecule has 118 valence electrons. The number of fused-ring (bicyclic) bond motifs is 1.